The first kappa shape index (κ1) is 17.3. The van der Waals surface area contributed by atoms with Crippen molar-refractivity contribution in [2.75, 3.05) is 12.4 Å². The number of nitrogens with zero attached hydrogens (tertiary/aromatic N) is 3. The van der Waals surface area contributed by atoms with Gasteiger partial charge in [0, 0.05) is 36.7 Å². The molecule has 0 bridgehead atoms. The van der Waals surface area contributed by atoms with Gasteiger partial charge >= 0.3 is 0 Å². The predicted octanol–water partition coefficient (Wildman–Crippen LogP) is 4.08. The normalized spacial score (nSPS) is 11.7. The Kier molecular flexibility index (Phi) is 4.95. The van der Waals surface area contributed by atoms with Crippen molar-refractivity contribution < 1.29 is 4.74 Å². The van der Waals surface area contributed by atoms with Gasteiger partial charge in [-0.1, -0.05) is 45.0 Å². The zero-order chi connectivity index (χ0) is 17.9. The molecular formula is C20H24N4O. The van der Waals surface area contributed by atoms with Crippen molar-refractivity contribution in [3.05, 3.63) is 59.7 Å². The average molecular weight is 336 g/mol. The Bertz CT molecular complexity index is 866. The molecule has 3 rings (SSSR count). The molecule has 3 aromatic rings. The summed E-state index contributed by atoms with van der Waals surface area (Å²) < 4.78 is 5.24. The van der Waals surface area contributed by atoms with Crippen LogP contribution in [-0.4, -0.2) is 22.1 Å². The smallest absolute Gasteiger partial charge is 0.136 e. The summed E-state index contributed by atoms with van der Waals surface area (Å²) in [6.07, 6.45) is 1.82. The van der Waals surface area contributed by atoms with E-state index >= 15 is 0 Å². The Labute approximate surface area is 148 Å². The van der Waals surface area contributed by atoms with Gasteiger partial charge in [-0.25, -0.2) is 9.97 Å². The molecule has 0 saturated carbocycles. The number of para-hydroxylation sites is 1. The third kappa shape index (κ3) is 4.12. The van der Waals surface area contributed by atoms with Crippen LogP contribution in [0.5, 0.6) is 0 Å². The molecule has 0 aliphatic carbocycles. The third-order valence-corrected chi connectivity index (χ3v) is 3.92. The van der Waals surface area contributed by atoms with Gasteiger partial charge in [-0.3, -0.25) is 4.98 Å². The van der Waals surface area contributed by atoms with Gasteiger partial charge in [0.2, 0.25) is 0 Å². The number of aromatic nitrogens is 3. The van der Waals surface area contributed by atoms with Gasteiger partial charge in [-0.15, -0.1) is 0 Å². The summed E-state index contributed by atoms with van der Waals surface area (Å²) in [6, 6.07) is 12.2. The van der Waals surface area contributed by atoms with E-state index in [4.69, 9.17) is 4.74 Å². The van der Waals surface area contributed by atoms with Gasteiger partial charge in [0.05, 0.1) is 17.8 Å². The molecule has 1 aromatic carbocycles. The SMILES string of the molecule is COCc1cc(NCc2cccc3cccnc23)nc(C(C)(C)C)n1. The Morgan fingerprint density at radius 1 is 1.08 bits per heavy atom. The van der Waals surface area contributed by atoms with E-state index in [-0.39, 0.29) is 5.41 Å². The largest absolute Gasteiger partial charge is 0.378 e. The number of nitrogens with one attached hydrogen (secondary N) is 1. The second-order valence-electron chi connectivity index (χ2n) is 7.10. The molecule has 0 aliphatic rings. The fraction of sp³-hybridized carbons (Fsp3) is 0.350. The Balaban J connectivity index is 1.88. The Morgan fingerprint density at radius 3 is 2.64 bits per heavy atom. The number of rotatable bonds is 5. The first-order valence-electron chi connectivity index (χ1n) is 8.41. The molecule has 5 nitrogen and oxygen atoms in total. The zero-order valence-corrected chi connectivity index (χ0v) is 15.2. The summed E-state index contributed by atoms with van der Waals surface area (Å²) in [7, 11) is 1.67. The highest BCUT2D eigenvalue weighted by atomic mass is 16.5. The van der Waals surface area contributed by atoms with Crippen LogP contribution in [0.15, 0.2) is 42.6 Å². The molecule has 0 radical (unpaired) electrons. The number of benzene rings is 1. The van der Waals surface area contributed by atoms with Crippen molar-refractivity contribution in [1.82, 2.24) is 15.0 Å². The van der Waals surface area contributed by atoms with Crippen LogP contribution >= 0.6 is 0 Å². The van der Waals surface area contributed by atoms with Crippen LogP contribution in [0.4, 0.5) is 5.82 Å². The second kappa shape index (κ2) is 7.15. The Hall–Kier alpha value is -2.53. The van der Waals surface area contributed by atoms with E-state index in [1.807, 2.05) is 18.3 Å². The highest BCUT2D eigenvalue weighted by molar-refractivity contribution is 5.81. The van der Waals surface area contributed by atoms with Crippen LogP contribution in [-0.2, 0) is 23.3 Å². The van der Waals surface area contributed by atoms with E-state index in [0.717, 1.165) is 33.8 Å². The van der Waals surface area contributed by atoms with Gasteiger partial charge in [-0.05, 0) is 11.6 Å². The average Bonchev–Trinajstić information content (AvgIpc) is 2.59. The number of hydrogen-bond donors (Lipinski definition) is 1. The lowest BCUT2D eigenvalue weighted by molar-refractivity contribution is 0.181. The van der Waals surface area contributed by atoms with E-state index in [9.17, 15) is 0 Å². The Morgan fingerprint density at radius 2 is 1.88 bits per heavy atom. The van der Waals surface area contributed by atoms with Crippen molar-refractivity contribution >= 4 is 16.7 Å². The molecule has 0 spiro atoms. The summed E-state index contributed by atoms with van der Waals surface area (Å²) in [5.74, 6) is 1.61. The lowest BCUT2D eigenvalue weighted by Crippen LogP contribution is -2.18. The van der Waals surface area contributed by atoms with Crippen molar-refractivity contribution in [2.24, 2.45) is 0 Å². The minimum absolute atomic E-state index is 0.124. The maximum atomic E-state index is 5.24. The number of anilines is 1. The van der Waals surface area contributed by atoms with Crippen LogP contribution < -0.4 is 5.32 Å². The van der Waals surface area contributed by atoms with Crippen molar-refractivity contribution in [3.8, 4) is 0 Å². The van der Waals surface area contributed by atoms with E-state index in [1.54, 1.807) is 7.11 Å². The summed E-state index contributed by atoms with van der Waals surface area (Å²) in [6.45, 7) is 7.45. The minimum atomic E-state index is -0.124. The van der Waals surface area contributed by atoms with E-state index in [0.29, 0.717) is 13.2 Å². The molecular weight excluding hydrogens is 312 g/mol. The van der Waals surface area contributed by atoms with Crippen molar-refractivity contribution in [1.29, 1.82) is 0 Å². The molecule has 0 amide bonds. The molecule has 1 N–H and O–H groups in total. The number of methoxy groups -OCH3 is 1. The third-order valence-electron chi connectivity index (χ3n) is 3.92. The quantitative estimate of drug-likeness (QED) is 0.761. The summed E-state index contributed by atoms with van der Waals surface area (Å²) in [5, 5.41) is 4.56. The summed E-state index contributed by atoms with van der Waals surface area (Å²) in [5.41, 5.74) is 2.91. The monoisotopic (exact) mass is 336 g/mol. The predicted molar refractivity (Wildman–Crippen MR) is 101 cm³/mol. The number of hydrogen-bond acceptors (Lipinski definition) is 5. The highest BCUT2D eigenvalue weighted by Crippen LogP contribution is 2.22. The number of ether oxygens (including phenoxy) is 1. The van der Waals surface area contributed by atoms with Crippen LogP contribution in [0.1, 0.15) is 37.9 Å². The lowest BCUT2D eigenvalue weighted by atomic mass is 9.95. The number of fused-ring (bicyclic) bond motifs is 1. The van der Waals surface area contributed by atoms with Gasteiger partial charge in [0.25, 0.3) is 0 Å². The molecule has 2 aromatic heterocycles. The zero-order valence-electron chi connectivity index (χ0n) is 15.2. The van der Waals surface area contributed by atoms with Gasteiger partial charge in [-0.2, -0.15) is 0 Å². The van der Waals surface area contributed by atoms with Crippen LogP contribution in [0.2, 0.25) is 0 Å². The molecule has 0 atom stereocenters. The molecule has 2 heterocycles. The van der Waals surface area contributed by atoms with Crippen LogP contribution in [0.3, 0.4) is 0 Å². The van der Waals surface area contributed by atoms with Crippen LogP contribution in [0.25, 0.3) is 10.9 Å². The summed E-state index contributed by atoms with van der Waals surface area (Å²) >= 11 is 0. The van der Waals surface area contributed by atoms with E-state index < -0.39 is 0 Å². The molecule has 0 fully saturated rings. The molecule has 0 aliphatic heterocycles. The highest BCUT2D eigenvalue weighted by Gasteiger charge is 2.19. The van der Waals surface area contributed by atoms with E-state index in [2.05, 4.69) is 65.3 Å². The van der Waals surface area contributed by atoms with Crippen LogP contribution in [0, 0.1) is 0 Å². The van der Waals surface area contributed by atoms with Crippen molar-refractivity contribution in [2.45, 2.75) is 39.3 Å². The first-order chi connectivity index (χ1) is 12.0. The fourth-order valence-electron chi connectivity index (χ4n) is 2.64. The van der Waals surface area contributed by atoms with Gasteiger partial charge in [0.1, 0.15) is 11.6 Å². The molecule has 0 unspecified atom stereocenters. The standard InChI is InChI=1S/C20H24N4O/c1-20(2,3)19-23-16(13-25-4)11-17(24-19)22-12-15-8-5-7-14-9-6-10-21-18(14)15/h5-11H,12-13H2,1-4H3,(H,22,23,24). The second-order valence-corrected chi connectivity index (χ2v) is 7.10. The molecule has 0 saturated heterocycles. The first-order valence-corrected chi connectivity index (χ1v) is 8.41. The summed E-state index contributed by atoms with van der Waals surface area (Å²) in [4.78, 5) is 13.8. The topological polar surface area (TPSA) is 59.9 Å². The molecule has 5 heteroatoms. The minimum Gasteiger partial charge on any atom is -0.378 e. The molecule has 130 valence electrons. The molecule has 25 heavy (non-hydrogen) atoms. The maximum absolute atomic E-state index is 5.24. The lowest BCUT2D eigenvalue weighted by Gasteiger charge is -2.19. The number of pyridine rings is 1. The van der Waals surface area contributed by atoms with E-state index in [1.165, 1.54) is 0 Å². The maximum Gasteiger partial charge on any atom is 0.136 e. The van der Waals surface area contributed by atoms with Gasteiger partial charge in [0.15, 0.2) is 0 Å². The fourth-order valence-corrected chi connectivity index (χ4v) is 2.64. The van der Waals surface area contributed by atoms with Crippen molar-refractivity contribution in [3.63, 3.8) is 0 Å². The van der Waals surface area contributed by atoms with Gasteiger partial charge < -0.3 is 10.1 Å².